The van der Waals surface area contributed by atoms with E-state index in [-0.39, 0.29) is 11.0 Å². The maximum absolute atomic E-state index is 8.55. The molecule has 0 heterocycles. The smallest absolute Gasteiger partial charge is 0.0766 e. The van der Waals surface area contributed by atoms with E-state index in [1.54, 1.807) is 14.7 Å². The van der Waals surface area contributed by atoms with Gasteiger partial charge < -0.3 is 44.9 Å². The van der Waals surface area contributed by atoms with E-state index >= 15 is 0 Å². The first-order chi connectivity index (χ1) is 20.8. The number of nitrogens with one attached hydrogen (secondary N) is 3. The maximum atomic E-state index is 8.55. The zero-order valence-corrected chi connectivity index (χ0v) is 33.6. The molecule has 10 heteroatoms. The van der Waals surface area contributed by atoms with Crippen molar-refractivity contribution in [3.63, 3.8) is 0 Å². The molecule has 0 atom stereocenters. The molecule has 0 radical (unpaired) electrons. The van der Waals surface area contributed by atoms with Crippen molar-refractivity contribution in [3.8, 4) is 0 Å². The standard InChI is InChI=1S/3C12H27N.H3O4P.2H2O/c3*1-4-5-6-7-8-9-10-11-12-13(2)3;1-5(2,3)4;;/h3*4-12H2,1-3H3;(H3,1,2,3,4);2*1H2. The third-order valence-electron chi connectivity index (χ3n) is 7.59. The Balaban J connectivity index is -0.000000119. The van der Waals surface area contributed by atoms with Crippen molar-refractivity contribution in [1.82, 2.24) is 0 Å². The highest BCUT2D eigenvalue weighted by Gasteiger charge is 1.96. The molecule has 0 unspecified atom stereocenters. The third kappa shape index (κ3) is 90.4. The lowest BCUT2D eigenvalue weighted by atomic mass is 10.1. The summed E-state index contributed by atoms with van der Waals surface area (Å²) in [6, 6.07) is 0. The van der Waals surface area contributed by atoms with Crippen molar-refractivity contribution >= 4 is 7.82 Å². The van der Waals surface area contributed by atoms with Gasteiger partial charge in [0.1, 0.15) is 0 Å². The zero-order valence-electron chi connectivity index (χ0n) is 32.7. The minimum absolute atomic E-state index is 0. The van der Waals surface area contributed by atoms with Gasteiger partial charge in [0.25, 0.3) is 0 Å². The molecule has 7 N–H and O–H groups in total. The quantitative estimate of drug-likeness (QED) is 0.0892. The molecule has 46 heavy (non-hydrogen) atoms. The predicted molar refractivity (Wildman–Crippen MR) is 196 cm³/mol. The van der Waals surface area contributed by atoms with Crippen LogP contribution in [0.5, 0.6) is 0 Å². The molecule has 0 saturated heterocycles. The Morgan fingerprint density at radius 1 is 0.348 bits per heavy atom. The molecular weight excluding hydrogens is 601 g/mol. The minimum atomic E-state index is -5.39. The van der Waals surface area contributed by atoms with Crippen LogP contribution in [-0.4, -0.2) is 72.9 Å². The van der Waals surface area contributed by atoms with E-state index < -0.39 is 7.82 Å². The van der Waals surface area contributed by atoms with Crippen LogP contribution >= 0.6 is 7.82 Å². The summed E-state index contributed by atoms with van der Waals surface area (Å²) < 4.78 is 8.55. The summed E-state index contributed by atoms with van der Waals surface area (Å²) in [5.41, 5.74) is 0. The van der Waals surface area contributed by atoms with E-state index in [9.17, 15) is 0 Å². The molecule has 0 amide bonds. The predicted octanol–water partition coefficient (Wildman–Crippen LogP) is 2.34. The summed E-state index contributed by atoms with van der Waals surface area (Å²) in [6.07, 6.45) is 34.4. The van der Waals surface area contributed by atoms with Crippen LogP contribution in [0, 0.1) is 0 Å². The lowest BCUT2D eigenvalue weighted by molar-refractivity contribution is -0.858. The van der Waals surface area contributed by atoms with Gasteiger partial charge in [0.15, 0.2) is 0 Å². The summed E-state index contributed by atoms with van der Waals surface area (Å²) in [6.45, 7) is 10.9. The minimum Gasteiger partial charge on any atom is -0.822 e. The van der Waals surface area contributed by atoms with Gasteiger partial charge in [-0.2, -0.15) is 7.82 Å². The Bertz CT molecular complexity index is 473. The molecule has 0 spiro atoms. The fourth-order valence-corrected chi connectivity index (χ4v) is 4.84. The fraction of sp³-hybridized carbons (Fsp3) is 1.00. The first-order valence-electron chi connectivity index (χ1n) is 18.9. The van der Waals surface area contributed by atoms with Gasteiger partial charge in [-0.15, -0.1) is 0 Å². The van der Waals surface area contributed by atoms with Crippen molar-refractivity contribution in [2.75, 3.05) is 61.9 Å². The number of unbranched alkanes of at least 4 members (excludes halogenated alkanes) is 21. The first kappa shape index (κ1) is 58.1. The molecule has 0 aliphatic heterocycles. The zero-order chi connectivity index (χ0) is 34.3. The second-order valence-electron chi connectivity index (χ2n) is 13.7. The van der Waals surface area contributed by atoms with Crippen molar-refractivity contribution in [3.05, 3.63) is 0 Å². The van der Waals surface area contributed by atoms with Gasteiger partial charge in [-0.3, -0.25) is 0 Å². The SMILES string of the molecule is CCCCCCCCCC[NH+](C)C.CCCCCCCCCC[NH+](C)C.CCCCCCCCCC[NH+](C)C.O.O.O=P([O-])([O-])[O-]. The summed E-state index contributed by atoms with van der Waals surface area (Å²) in [4.78, 5) is 30.4. The van der Waals surface area contributed by atoms with E-state index in [1.165, 1.54) is 174 Å². The van der Waals surface area contributed by atoms with Crippen LogP contribution in [-0.2, 0) is 4.57 Å². The number of rotatable bonds is 27. The molecule has 0 aromatic rings. The lowest BCUT2D eigenvalue weighted by Gasteiger charge is -2.36. The molecule has 0 aromatic carbocycles. The van der Waals surface area contributed by atoms with Gasteiger partial charge in [0, 0.05) is 0 Å². The monoisotopic (exact) mass is 690 g/mol. The van der Waals surface area contributed by atoms with Gasteiger partial charge >= 0.3 is 0 Å². The molecule has 0 rings (SSSR count). The Labute approximate surface area is 289 Å². The normalized spacial score (nSPS) is 10.7. The van der Waals surface area contributed by atoms with Crippen molar-refractivity contribution in [1.29, 1.82) is 0 Å². The number of hydrogen-bond donors (Lipinski definition) is 3. The van der Waals surface area contributed by atoms with E-state index in [0.29, 0.717) is 0 Å². The van der Waals surface area contributed by atoms with Gasteiger partial charge in [0.2, 0.25) is 0 Å². The molecule has 0 aromatic heterocycles. The second kappa shape index (κ2) is 49.3. The van der Waals surface area contributed by atoms with Crippen molar-refractivity contribution < 1.29 is 44.9 Å². The average molecular weight is 690 g/mol. The van der Waals surface area contributed by atoms with E-state index in [1.807, 2.05) is 0 Å². The highest BCUT2D eigenvalue weighted by atomic mass is 31.2. The van der Waals surface area contributed by atoms with Crippen LogP contribution < -0.4 is 29.4 Å². The maximum Gasteiger partial charge on any atom is 0.0766 e. The Morgan fingerprint density at radius 3 is 0.609 bits per heavy atom. The second-order valence-corrected chi connectivity index (χ2v) is 14.6. The van der Waals surface area contributed by atoms with Crippen LogP contribution in [0.4, 0.5) is 0 Å². The largest absolute Gasteiger partial charge is 0.822 e. The number of hydrogen-bond acceptors (Lipinski definition) is 4. The molecule has 0 aliphatic carbocycles. The van der Waals surface area contributed by atoms with E-state index in [2.05, 4.69) is 63.1 Å². The molecule has 0 fully saturated rings. The lowest BCUT2D eigenvalue weighted by Crippen LogP contribution is -3.05. The van der Waals surface area contributed by atoms with Gasteiger partial charge in [-0.05, 0) is 38.5 Å². The van der Waals surface area contributed by atoms with Crippen LogP contribution in [0.2, 0.25) is 0 Å². The molecule has 0 bridgehead atoms. The summed E-state index contributed by atoms with van der Waals surface area (Å²) in [7, 11) is 8.04. The van der Waals surface area contributed by atoms with Crippen molar-refractivity contribution in [2.24, 2.45) is 0 Å². The summed E-state index contributed by atoms with van der Waals surface area (Å²) in [5, 5.41) is 0. The third-order valence-corrected chi connectivity index (χ3v) is 7.59. The molecular formula is C36H88N3O6P. The Morgan fingerprint density at radius 2 is 0.478 bits per heavy atom. The van der Waals surface area contributed by atoms with Gasteiger partial charge in [-0.25, -0.2) is 0 Å². The fourth-order valence-electron chi connectivity index (χ4n) is 4.84. The van der Waals surface area contributed by atoms with Gasteiger partial charge in [0.05, 0.1) is 61.9 Å². The highest BCUT2D eigenvalue weighted by Crippen LogP contribution is 2.09. The van der Waals surface area contributed by atoms with Crippen LogP contribution in [0.25, 0.3) is 0 Å². The first-order valence-corrected chi connectivity index (χ1v) is 20.4. The van der Waals surface area contributed by atoms with E-state index in [0.717, 1.165) is 0 Å². The van der Waals surface area contributed by atoms with Crippen LogP contribution in [0.3, 0.4) is 0 Å². The summed E-state index contributed by atoms with van der Waals surface area (Å²) >= 11 is 0. The van der Waals surface area contributed by atoms with Crippen molar-refractivity contribution in [2.45, 2.75) is 175 Å². The molecule has 288 valence electrons. The number of phosphoric acid groups is 1. The topological polar surface area (TPSA) is 163 Å². The number of quaternary nitrogens is 3. The molecule has 9 nitrogen and oxygen atoms in total. The Hall–Kier alpha value is -0.0900. The van der Waals surface area contributed by atoms with Gasteiger partial charge in [-0.1, -0.05) is 136 Å². The summed E-state index contributed by atoms with van der Waals surface area (Å²) in [5.74, 6) is 0. The Kier molecular flexibility index (Phi) is 62.3. The van der Waals surface area contributed by atoms with E-state index in [4.69, 9.17) is 19.2 Å². The van der Waals surface area contributed by atoms with Crippen LogP contribution in [0.15, 0.2) is 0 Å². The molecule has 0 saturated carbocycles. The average Bonchev–Trinajstić information content (AvgIpc) is 2.92. The molecule has 0 aliphatic rings. The highest BCUT2D eigenvalue weighted by molar-refractivity contribution is 7.40. The van der Waals surface area contributed by atoms with Crippen LogP contribution in [0.1, 0.15) is 175 Å².